The maximum absolute atomic E-state index is 10.8. The first kappa shape index (κ1) is 13.6. The first-order chi connectivity index (χ1) is 9.18. The molecule has 6 nitrogen and oxygen atoms in total. The highest BCUT2D eigenvalue weighted by molar-refractivity contribution is 5.75. The molecule has 2 heterocycles. The van der Waals surface area contributed by atoms with Crippen LogP contribution >= 0.6 is 0 Å². The van der Waals surface area contributed by atoms with Crippen molar-refractivity contribution in [2.75, 3.05) is 36.5 Å². The van der Waals surface area contributed by atoms with Gasteiger partial charge in [-0.15, -0.1) is 0 Å². The molecule has 0 aromatic carbocycles. The number of aromatic nitrogens is 2. The molecule has 19 heavy (non-hydrogen) atoms. The topological polar surface area (TPSA) is 69.6 Å². The minimum absolute atomic E-state index is 0.0699. The Morgan fingerprint density at radius 3 is 2.53 bits per heavy atom. The normalized spacial score (nSPS) is 15.9. The predicted molar refractivity (Wildman–Crippen MR) is 73.6 cm³/mol. The number of rotatable bonds is 4. The number of anilines is 2. The van der Waals surface area contributed by atoms with Crippen LogP contribution < -0.4 is 9.80 Å². The number of hydrogen-bond donors (Lipinski definition) is 1. The van der Waals surface area contributed by atoms with Crippen LogP contribution in [0, 0.1) is 0 Å². The first-order valence-electron chi connectivity index (χ1n) is 6.67. The van der Waals surface area contributed by atoms with E-state index in [9.17, 15) is 4.79 Å². The van der Waals surface area contributed by atoms with E-state index >= 15 is 0 Å². The summed E-state index contributed by atoms with van der Waals surface area (Å²) in [7, 11) is 1.74. The highest BCUT2D eigenvalue weighted by Crippen LogP contribution is 2.25. The zero-order chi connectivity index (χ0) is 13.7. The van der Waals surface area contributed by atoms with Crippen molar-refractivity contribution < 1.29 is 9.90 Å². The molecule has 0 aliphatic carbocycles. The summed E-state index contributed by atoms with van der Waals surface area (Å²) in [6.07, 6.45) is 8.07. The Morgan fingerprint density at radius 1 is 1.26 bits per heavy atom. The van der Waals surface area contributed by atoms with Crippen molar-refractivity contribution >= 4 is 17.6 Å². The van der Waals surface area contributed by atoms with Crippen molar-refractivity contribution in [1.82, 2.24) is 9.97 Å². The third-order valence-electron chi connectivity index (χ3n) is 3.30. The summed E-state index contributed by atoms with van der Waals surface area (Å²) >= 11 is 0. The van der Waals surface area contributed by atoms with Gasteiger partial charge in [0.1, 0.15) is 6.54 Å². The van der Waals surface area contributed by atoms with E-state index in [-0.39, 0.29) is 6.54 Å². The standard InChI is InChI=1S/C13H20N4O2/c1-16(10-11(18)19)12-13(15-7-6-14-12)17-8-4-2-3-5-9-17/h6-7H,2-5,8-10H2,1H3,(H,18,19). The summed E-state index contributed by atoms with van der Waals surface area (Å²) in [4.78, 5) is 23.4. The molecule has 0 atom stereocenters. The molecule has 6 heteroatoms. The van der Waals surface area contributed by atoms with Crippen LogP contribution in [0.25, 0.3) is 0 Å². The summed E-state index contributed by atoms with van der Waals surface area (Å²) in [5, 5.41) is 8.89. The molecule has 0 unspecified atom stereocenters. The largest absolute Gasteiger partial charge is 0.480 e. The number of carboxylic acid groups (broad SMARTS) is 1. The van der Waals surface area contributed by atoms with Crippen LogP contribution in [0.1, 0.15) is 25.7 Å². The van der Waals surface area contributed by atoms with Crippen LogP contribution in [0.4, 0.5) is 11.6 Å². The van der Waals surface area contributed by atoms with Gasteiger partial charge in [-0.1, -0.05) is 12.8 Å². The van der Waals surface area contributed by atoms with E-state index in [0.717, 1.165) is 31.7 Å². The van der Waals surface area contributed by atoms with Gasteiger partial charge in [0.25, 0.3) is 0 Å². The van der Waals surface area contributed by atoms with Gasteiger partial charge in [0.2, 0.25) is 0 Å². The van der Waals surface area contributed by atoms with Crippen LogP contribution in [-0.2, 0) is 4.79 Å². The van der Waals surface area contributed by atoms with Gasteiger partial charge in [0.05, 0.1) is 0 Å². The first-order valence-corrected chi connectivity index (χ1v) is 6.67. The lowest BCUT2D eigenvalue weighted by Crippen LogP contribution is -2.31. The Balaban J connectivity index is 2.21. The van der Waals surface area contributed by atoms with E-state index in [1.807, 2.05) is 0 Å². The van der Waals surface area contributed by atoms with Gasteiger partial charge in [-0.3, -0.25) is 4.79 Å². The summed E-state index contributed by atoms with van der Waals surface area (Å²) in [6.45, 7) is 1.86. The van der Waals surface area contributed by atoms with E-state index in [0.29, 0.717) is 5.82 Å². The van der Waals surface area contributed by atoms with E-state index in [2.05, 4.69) is 14.9 Å². The van der Waals surface area contributed by atoms with Crippen molar-refractivity contribution in [3.8, 4) is 0 Å². The smallest absolute Gasteiger partial charge is 0.323 e. The van der Waals surface area contributed by atoms with Gasteiger partial charge < -0.3 is 14.9 Å². The van der Waals surface area contributed by atoms with Gasteiger partial charge in [-0.2, -0.15) is 0 Å². The Hall–Kier alpha value is -1.85. The van der Waals surface area contributed by atoms with Crippen molar-refractivity contribution in [3.63, 3.8) is 0 Å². The van der Waals surface area contributed by atoms with Gasteiger partial charge in [-0.05, 0) is 12.8 Å². The molecule has 1 aromatic heterocycles. The van der Waals surface area contributed by atoms with E-state index < -0.39 is 5.97 Å². The van der Waals surface area contributed by atoms with Crippen molar-refractivity contribution in [1.29, 1.82) is 0 Å². The molecule has 1 saturated heterocycles. The fraction of sp³-hybridized carbons (Fsp3) is 0.615. The molecule has 0 spiro atoms. The van der Waals surface area contributed by atoms with Crippen LogP contribution in [-0.4, -0.2) is 47.7 Å². The van der Waals surface area contributed by atoms with Gasteiger partial charge >= 0.3 is 5.97 Å². The monoisotopic (exact) mass is 264 g/mol. The van der Waals surface area contributed by atoms with Crippen LogP contribution in [0.2, 0.25) is 0 Å². The van der Waals surface area contributed by atoms with Gasteiger partial charge in [0.15, 0.2) is 11.6 Å². The minimum atomic E-state index is -0.866. The lowest BCUT2D eigenvalue weighted by Gasteiger charge is -2.26. The van der Waals surface area contributed by atoms with Crippen molar-refractivity contribution in [3.05, 3.63) is 12.4 Å². The predicted octanol–water partition coefficient (Wildman–Crippen LogP) is 1.38. The number of aliphatic carboxylic acids is 1. The van der Waals surface area contributed by atoms with Crippen LogP contribution in [0.3, 0.4) is 0 Å². The van der Waals surface area contributed by atoms with Crippen LogP contribution in [0.5, 0.6) is 0 Å². The number of carbonyl (C=O) groups is 1. The molecule has 0 saturated carbocycles. The second kappa shape index (κ2) is 6.36. The summed E-state index contributed by atoms with van der Waals surface area (Å²) in [5.74, 6) is 0.579. The fourth-order valence-electron chi connectivity index (χ4n) is 2.38. The zero-order valence-electron chi connectivity index (χ0n) is 11.2. The third-order valence-corrected chi connectivity index (χ3v) is 3.30. The molecular weight excluding hydrogens is 244 g/mol. The third kappa shape index (κ3) is 3.56. The quantitative estimate of drug-likeness (QED) is 0.886. The minimum Gasteiger partial charge on any atom is -0.480 e. The molecule has 2 rings (SSSR count). The second-order valence-electron chi connectivity index (χ2n) is 4.85. The molecule has 0 amide bonds. The highest BCUT2D eigenvalue weighted by atomic mass is 16.4. The molecule has 1 N–H and O–H groups in total. The Bertz CT molecular complexity index is 430. The zero-order valence-corrected chi connectivity index (χ0v) is 11.2. The second-order valence-corrected chi connectivity index (χ2v) is 4.85. The number of carboxylic acids is 1. The van der Waals surface area contributed by atoms with E-state index in [4.69, 9.17) is 5.11 Å². The number of hydrogen-bond acceptors (Lipinski definition) is 5. The molecule has 104 valence electrons. The van der Waals surface area contributed by atoms with Gasteiger partial charge in [0, 0.05) is 32.5 Å². The molecule has 0 radical (unpaired) electrons. The maximum atomic E-state index is 10.8. The molecule has 1 fully saturated rings. The lowest BCUT2D eigenvalue weighted by molar-refractivity contribution is -0.135. The lowest BCUT2D eigenvalue weighted by atomic mass is 10.2. The average molecular weight is 264 g/mol. The fourth-order valence-corrected chi connectivity index (χ4v) is 2.38. The molecule has 1 aliphatic rings. The van der Waals surface area contributed by atoms with Gasteiger partial charge in [-0.25, -0.2) is 9.97 Å². The summed E-state index contributed by atoms with van der Waals surface area (Å²) in [5.41, 5.74) is 0. The maximum Gasteiger partial charge on any atom is 0.323 e. The molecule has 1 aromatic rings. The Morgan fingerprint density at radius 2 is 1.89 bits per heavy atom. The van der Waals surface area contributed by atoms with E-state index in [1.165, 1.54) is 12.8 Å². The Kier molecular flexibility index (Phi) is 4.54. The molecule has 1 aliphatic heterocycles. The van der Waals surface area contributed by atoms with E-state index in [1.54, 1.807) is 24.3 Å². The number of likely N-dealkylation sites (N-methyl/N-ethyl adjacent to an activating group) is 1. The summed E-state index contributed by atoms with van der Waals surface area (Å²) < 4.78 is 0. The Labute approximate surface area is 113 Å². The highest BCUT2D eigenvalue weighted by Gasteiger charge is 2.19. The van der Waals surface area contributed by atoms with Crippen molar-refractivity contribution in [2.24, 2.45) is 0 Å². The van der Waals surface area contributed by atoms with Crippen LogP contribution in [0.15, 0.2) is 12.4 Å². The number of nitrogens with zero attached hydrogens (tertiary/aromatic N) is 4. The average Bonchev–Trinajstić information content (AvgIpc) is 2.66. The molecule has 0 bridgehead atoms. The summed E-state index contributed by atoms with van der Waals surface area (Å²) in [6, 6.07) is 0. The SMILES string of the molecule is CN(CC(=O)O)c1nccnc1N1CCCCCC1. The molecular formula is C13H20N4O2. The van der Waals surface area contributed by atoms with Crippen molar-refractivity contribution in [2.45, 2.75) is 25.7 Å².